The summed E-state index contributed by atoms with van der Waals surface area (Å²) in [6.07, 6.45) is 2.87. The van der Waals surface area contributed by atoms with E-state index in [1.807, 2.05) is 6.92 Å². The summed E-state index contributed by atoms with van der Waals surface area (Å²) >= 11 is 0. The van der Waals surface area contributed by atoms with Gasteiger partial charge in [0.2, 0.25) is 0 Å². The fourth-order valence-electron chi connectivity index (χ4n) is 2.50. The summed E-state index contributed by atoms with van der Waals surface area (Å²) in [4.78, 5) is 24.1. The maximum atomic E-state index is 12.0. The standard InChI is InChI=1S/C13H24N2O3/c1-4-7-15(8-12(16)17)13(18)14-11-6-5-9(2)10(11)3/h9-11H,4-8H2,1-3H3,(H,14,18)(H,16,17). The van der Waals surface area contributed by atoms with E-state index in [1.54, 1.807) is 0 Å². The predicted molar refractivity (Wildman–Crippen MR) is 69.4 cm³/mol. The molecule has 3 unspecified atom stereocenters. The molecule has 0 saturated heterocycles. The average Bonchev–Trinajstić information content (AvgIpc) is 2.60. The number of amides is 2. The van der Waals surface area contributed by atoms with E-state index >= 15 is 0 Å². The molecule has 104 valence electrons. The molecular formula is C13H24N2O3. The molecule has 0 bridgehead atoms. The number of rotatable bonds is 5. The van der Waals surface area contributed by atoms with E-state index in [9.17, 15) is 9.59 Å². The van der Waals surface area contributed by atoms with E-state index in [-0.39, 0.29) is 18.6 Å². The first-order chi connectivity index (χ1) is 8.45. The highest BCUT2D eigenvalue weighted by atomic mass is 16.4. The Hall–Kier alpha value is -1.26. The van der Waals surface area contributed by atoms with Crippen LogP contribution in [0.3, 0.4) is 0 Å². The topological polar surface area (TPSA) is 69.6 Å². The van der Waals surface area contributed by atoms with Crippen molar-refractivity contribution in [2.45, 2.75) is 46.1 Å². The number of carbonyl (C=O) groups excluding carboxylic acids is 1. The number of aliphatic carboxylic acids is 1. The summed E-state index contributed by atoms with van der Waals surface area (Å²) in [5.74, 6) is 0.114. The minimum absolute atomic E-state index is 0.181. The number of carbonyl (C=O) groups is 2. The minimum atomic E-state index is -0.966. The molecule has 5 heteroatoms. The zero-order valence-electron chi connectivity index (χ0n) is 11.5. The molecular weight excluding hydrogens is 232 g/mol. The third kappa shape index (κ3) is 3.89. The van der Waals surface area contributed by atoms with Crippen LogP contribution in [-0.4, -0.2) is 41.1 Å². The fourth-order valence-corrected chi connectivity index (χ4v) is 2.50. The number of urea groups is 1. The second-order valence-electron chi connectivity index (χ2n) is 5.29. The molecule has 0 aromatic heterocycles. The molecule has 1 rings (SSSR count). The van der Waals surface area contributed by atoms with Gasteiger partial charge < -0.3 is 15.3 Å². The molecule has 18 heavy (non-hydrogen) atoms. The minimum Gasteiger partial charge on any atom is -0.480 e. The number of nitrogens with one attached hydrogen (secondary N) is 1. The second kappa shape index (κ2) is 6.61. The van der Waals surface area contributed by atoms with Crippen LogP contribution < -0.4 is 5.32 Å². The molecule has 0 aliphatic heterocycles. The summed E-state index contributed by atoms with van der Waals surface area (Å²) < 4.78 is 0. The van der Waals surface area contributed by atoms with Gasteiger partial charge in [-0.1, -0.05) is 20.8 Å². The Morgan fingerprint density at radius 3 is 2.44 bits per heavy atom. The predicted octanol–water partition coefficient (Wildman–Crippen LogP) is 1.93. The van der Waals surface area contributed by atoms with Gasteiger partial charge in [0, 0.05) is 12.6 Å². The van der Waals surface area contributed by atoms with Crippen molar-refractivity contribution in [3.63, 3.8) is 0 Å². The van der Waals surface area contributed by atoms with Crippen LogP contribution in [0.2, 0.25) is 0 Å². The summed E-state index contributed by atoms with van der Waals surface area (Å²) in [5, 5.41) is 11.8. The van der Waals surface area contributed by atoms with Gasteiger partial charge in [-0.2, -0.15) is 0 Å². The summed E-state index contributed by atoms with van der Waals surface area (Å²) in [7, 11) is 0. The van der Waals surface area contributed by atoms with Crippen molar-refractivity contribution in [1.29, 1.82) is 0 Å². The number of carboxylic acids is 1. The Morgan fingerprint density at radius 2 is 2.00 bits per heavy atom. The Morgan fingerprint density at radius 1 is 1.33 bits per heavy atom. The van der Waals surface area contributed by atoms with Crippen LogP contribution in [0.25, 0.3) is 0 Å². The smallest absolute Gasteiger partial charge is 0.323 e. The number of hydrogen-bond donors (Lipinski definition) is 2. The summed E-state index contributed by atoms with van der Waals surface area (Å²) in [6.45, 7) is 6.52. The van der Waals surface area contributed by atoms with E-state index in [0.717, 1.165) is 19.3 Å². The van der Waals surface area contributed by atoms with Crippen LogP contribution in [-0.2, 0) is 4.79 Å². The van der Waals surface area contributed by atoms with E-state index in [1.165, 1.54) is 4.90 Å². The van der Waals surface area contributed by atoms with Crippen molar-refractivity contribution in [1.82, 2.24) is 10.2 Å². The van der Waals surface area contributed by atoms with Gasteiger partial charge in [0.1, 0.15) is 6.54 Å². The lowest BCUT2D eigenvalue weighted by atomic mass is 9.98. The molecule has 1 fully saturated rings. The number of hydrogen-bond acceptors (Lipinski definition) is 2. The van der Waals surface area contributed by atoms with Gasteiger partial charge >= 0.3 is 12.0 Å². The van der Waals surface area contributed by atoms with Crippen LogP contribution >= 0.6 is 0 Å². The Labute approximate surface area is 109 Å². The molecule has 0 radical (unpaired) electrons. The van der Waals surface area contributed by atoms with E-state index in [2.05, 4.69) is 19.2 Å². The van der Waals surface area contributed by atoms with Gasteiger partial charge in [0.15, 0.2) is 0 Å². The lowest BCUT2D eigenvalue weighted by Gasteiger charge is -2.25. The maximum absolute atomic E-state index is 12.0. The van der Waals surface area contributed by atoms with Crippen LogP contribution in [0.15, 0.2) is 0 Å². The molecule has 0 spiro atoms. The quantitative estimate of drug-likeness (QED) is 0.789. The first-order valence-corrected chi connectivity index (χ1v) is 6.73. The molecule has 5 nitrogen and oxygen atoms in total. The normalized spacial score (nSPS) is 26.9. The highest BCUT2D eigenvalue weighted by molar-refractivity contribution is 5.80. The van der Waals surface area contributed by atoms with E-state index < -0.39 is 5.97 Å². The molecule has 0 aromatic carbocycles. The SMILES string of the molecule is CCCN(CC(=O)O)C(=O)NC1CCC(C)C1C. The lowest BCUT2D eigenvalue weighted by molar-refractivity contribution is -0.137. The zero-order chi connectivity index (χ0) is 13.7. The molecule has 2 amide bonds. The second-order valence-corrected chi connectivity index (χ2v) is 5.29. The van der Waals surface area contributed by atoms with Crippen molar-refractivity contribution < 1.29 is 14.7 Å². The van der Waals surface area contributed by atoms with Crippen molar-refractivity contribution in [3.8, 4) is 0 Å². The largest absolute Gasteiger partial charge is 0.480 e. The van der Waals surface area contributed by atoms with Gasteiger partial charge in [-0.25, -0.2) is 4.79 Å². The Bertz CT molecular complexity index is 307. The van der Waals surface area contributed by atoms with E-state index in [4.69, 9.17) is 5.11 Å². The molecule has 1 saturated carbocycles. The van der Waals surface area contributed by atoms with E-state index in [0.29, 0.717) is 18.4 Å². The van der Waals surface area contributed by atoms with Gasteiger partial charge in [0.05, 0.1) is 0 Å². The average molecular weight is 256 g/mol. The van der Waals surface area contributed by atoms with Gasteiger partial charge in [-0.05, 0) is 31.1 Å². The number of carboxylic acid groups (broad SMARTS) is 1. The van der Waals surface area contributed by atoms with Crippen molar-refractivity contribution in [2.24, 2.45) is 11.8 Å². The van der Waals surface area contributed by atoms with Gasteiger partial charge in [0.25, 0.3) is 0 Å². The summed E-state index contributed by atoms with van der Waals surface area (Å²) in [6, 6.07) is -0.0640. The monoisotopic (exact) mass is 256 g/mol. The van der Waals surface area contributed by atoms with Gasteiger partial charge in [-0.3, -0.25) is 4.79 Å². The molecule has 0 heterocycles. The molecule has 3 atom stereocenters. The van der Waals surface area contributed by atoms with Crippen molar-refractivity contribution in [2.75, 3.05) is 13.1 Å². The third-order valence-corrected chi connectivity index (χ3v) is 3.88. The first-order valence-electron chi connectivity index (χ1n) is 6.73. The maximum Gasteiger partial charge on any atom is 0.323 e. The number of nitrogens with zero attached hydrogens (tertiary/aromatic N) is 1. The highest BCUT2D eigenvalue weighted by Gasteiger charge is 2.31. The lowest BCUT2D eigenvalue weighted by Crippen LogP contribution is -2.48. The summed E-state index contributed by atoms with van der Waals surface area (Å²) in [5.41, 5.74) is 0. The molecule has 1 aliphatic rings. The van der Waals surface area contributed by atoms with Crippen molar-refractivity contribution >= 4 is 12.0 Å². The molecule has 2 N–H and O–H groups in total. The highest BCUT2D eigenvalue weighted by Crippen LogP contribution is 2.31. The molecule has 0 aromatic rings. The third-order valence-electron chi connectivity index (χ3n) is 3.88. The van der Waals surface area contributed by atoms with Crippen LogP contribution in [0.1, 0.15) is 40.0 Å². The first kappa shape index (κ1) is 14.8. The zero-order valence-corrected chi connectivity index (χ0v) is 11.5. The Balaban J connectivity index is 2.53. The van der Waals surface area contributed by atoms with Crippen molar-refractivity contribution in [3.05, 3.63) is 0 Å². The fraction of sp³-hybridized carbons (Fsp3) is 0.846. The van der Waals surface area contributed by atoms with Crippen LogP contribution in [0.5, 0.6) is 0 Å². The van der Waals surface area contributed by atoms with Gasteiger partial charge in [-0.15, -0.1) is 0 Å². The Kier molecular flexibility index (Phi) is 5.44. The molecule has 1 aliphatic carbocycles. The van der Waals surface area contributed by atoms with Crippen LogP contribution in [0.4, 0.5) is 4.79 Å². The van der Waals surface area contributed by atoms with Crippen LogP contribution in [0, 0.1) is 11.8 Å².